The average Bonchev–Trinajstić information content (AvgIpc) is 2.67. The van der Waals surface area contributed by atoms with Crippen LogP contribution < -0.4 is 16.2 Å². The van der Waals surface area contributed by atoms with Crippen molar-refractivity contribution >= 4 is 23.5 Å². The average molecular weight is 371 g/mol. The van der Waals surface area contributed by atoms with Crippen molar-refractivity contribution in [3.63, 3.8) is 0 Å². The molecule has 1 amide bonds. The van der Waals surface area contributed by atoms with Gasteiger partial charge in [-0.05, 0) is 29.8 Å². The molecule has 0 aliphatic carbocycles. The summed E-state index contributed by atoms with van der Waals surface area (Å²) in [7, 11) is 1.69. The molecule has 1 aromatic carbocycles. The molecule has 0 unspecified atom stereocenters. The van der Waals surface area contributed by atoms with E-state index in [0.717, 1.165) is 5.56 Å². The molecule has 0 aliphatic rings. The van der Waals surface area contributed by atoms with Crippen LogP contribution in [0.15, 0.2) is 47.4 Å². The molecule has 8 nitrogen and oxygen atoms in total. The summed E-state index contributed by atoms with van der Waals surface area (Å²) in [6.07, 6.45) is 1.56. The summed E-state index contributed by atoms with van der Waals surface area (Å²) in [4.78, 5) is 32.6. The van der Waals surface area contributed by atoms with Crippen LogP contribution in [0.3, 0.4) is 0 Å². The Labute approximate surface area is 153 Å². The van der Waals surface area contributed by atoms with Crippen LogP contribution in [0.2, 0.25) is 5.02 Å². The first-order valence-electron chi connectivity index (χ1n) is 7.70. The van der Waals surface area contributed by atoms with Crippen molar-refractivity contribution in [1.29, 1.82) is 0 Å². The maximum Gasteiger partial charge on any atom is 0.277 e. The normalized spacial score (nSPS) is 10.4. The highest BCUT2D eigenvalue weighted by Gasteiger charge is 2.14. The maximum absolute atomic E-state index is 12.4. The molecule has 0 saturated carbocycles. The molecule has 26 heavy (non-hydrogen) atoms. The zero-order chi connectivity index (χ0) is 18.5. The van der Waals surface area contributed by atoms with Crippen molar-refractivity contribution in [2.24, 2.45) is 0 Å². The molecule has 0 spiro atoms. The summed E-state index contributed by atoms with van der Waals surface area (Å²) in [5.41, 5.74) is 1.08. The molecule has 132 valence electrons. The largest absolute Gasteiger partial charge is 0.357 e. The van der Waals surface area contributed by atoms with E-state index in [1.807, 2.05) is 0 Å². The standard InChI is InChI=1S/C17H15ClN6O2/c1-19-17-20-7-6-13(22-17)14-8-12(16(26)24-23-14)15(25)21-9-10-2-4-11(18)5-3-10/h2-8H,9H2,1H3,(H,21,25)(H,24,26)(H,19,20,22). The molecule has 0 radical (unpaired) electrons. The van der Waals surface area contributed by atoms with E-state index in [1.54, 1.807) is 43.6 Å². The minimum absolute atomic E-state index is 0.0476. The van der Waals surface area contributed by atoms with E-state index in [-0.39, 0.29) is 12.1 Å². The van der Waals surface area contributed by atoms with Gasteiger partial charge in [0.2, 0.25) is 5.95 Å². The number of hydrogen-bond donors (Lipinski definition) is 3. The van der Waals surface area contributed by atoms with Crippen LogP contribution in [-0.4, -0.2) is 33.1 Å². The topological polar surface area (TPSA) is 113 Å². The lowest BCUT2D eigenvalue weighted by atomic mass is 10.2. The van der Waals surface area contributed by atoms with E-state index < -0.39 is 11.5 Å². The number of H-pyrrole nitrogens is 1. The van der Waals surface area contributed by atoms with Gasteiger partial charge in [-0.25, -0.2) is 15.1 Å². The predicted octanol–water partition coefficient (Wildman–Crippen LogP) is 1.85. The molecular formula is C17H15ClN6O2. The van der Waals surface area contributed by atoms with Crippen LogP contribution >= 0.6 is 11.6 Å². The van der Waals surface area contributed by atoms with Crippen molar-refractivity contribution in [3.8, 4) is 11.4 Å². The lowest BCUT2D eigenvalue weighted by Crippen LogP contribution is -2.29. The second kappa shape index (κ2) is 7.75. The van der Waals surface area contributed by atoms with Crippen molar-refractivity contribution < 1.29 is 4.79 Å². The fraction of sp³-hybridized carbons (Fsp3) is 0.118. The molecule has 3 rings (SSSR count). The van der Waals surface area contributed by atoms with Crippen LogP contribution in [0.4, 0.5) is 5.95 Å². The Kier molecular flexibility index (Phi) is 5.23. The van der Waals surface area contributed by atoms with E-state index in [2.05, 4.69) is 30.8 Å². The number of aromatic amines is 1. The molecular weight excluding hydrogens is 356 g/mol. The number of anilines is 1. The van der Waals surface area contributed by atoms with Crippen molar-refractivity contribution in [2.75, 3.05) is 12.4 Å². The summed E-state index contributed by atoms with van der Waals surface area (Å²) in [6, 6.07) is 10.1. The van der Waals surface area contributed by atoms with Crippen LogP contribution in [-0.2, 0) is 6.54 Å². The smallest absolute Gasteiger partial charge is 0.277 e. The first kappa shape index (κ1) is 17.6. The number of amides is 1. The number of hydrogen-bond acceptors (Lipinski definition) is 6. The Hall–Kier alpha value is -3.26. The molecule has 0 bridgehead atoms. The van der Waals surface area contributed by atoms with Gasteiger partial charge in [-0.2, -0.15) is 5.10 Å². The molecule has 3 aromatic rings. The number of rotatable bonds is 5. The minimum Gasteiger partial charge on any atom is -0.357 e. The Morgan fingerprint density at radius 1 is 1.19 bits per heavy atom. The van der Waals surface area contributed by atoms with Gasteiger partial charge in [0.15, 0.2) is 0 Å². The molecule has 2 aromatic heterocycles. The number of carbonyl (C=O) groups is 1. The van der Waals surface area contributed by atoms with Gasteiger partial charge >= 0.3 is 0 Å². The lowest BCUT2D eigenvalue weighted by molar-refractivity contribution is 0.0949. The van der Waals surface area contributed by atoms with Gasteiger partial charge in [0.25, 0.3) is 11.5 Å². The number of aromatic nitrogens is 4. The third-order valence-electron chi connectivity index (χ3n) is 3.56. The second-order valence-corrected chi connectivity index (χ2v) is 5.76. The fourth-order valence-corrected chi connectivity index (χ4v) is 2.33. The number of nitrogens with zero attached hydrogens (tertiary/aromatic N) is 3. The monoisotopic (exact) mass is 370 g/mol. The molecule has 0 atom stereocenters. The van der Waals surface area contributed by atoms with Gasteiger partial charge in [0.05, 0.1) is 5.69 Å². The van der Waals surface area contributed by atoms with Gasteiger partial charge in [-0.1, -0.05) is 23.7 Å². The molecule has 9 heteroatoms. The van der Waals surface area contributed by atoms with E-state index in [1.165, 1.54) is 6.07 Å². The van der Waals surface area contributed by atoms with E-state index >= 15 is 0 Å². The van der Waals surface area contributed by atoms with Gasteiger partial charge in [-0.3, -0.25) is 9.59 Å². The number of halogens is 1. The van der Waals surface area contributed by atoms with Gasteiger partial charge in [-0.15, -0.1) is 0 Å². The van der Waals surface area contributed by atoms with Crippen molar-refractivity contribution in [3.05, 3.63) is 69.1 Å². The third kappa shape index (κ3) is 4.04. The van der Waals surface area contributed by atoms with Gasteiger partial charge in [0, 0.05) is 24.8 Å². The lowest BCUT2D eigenvalue weighted by Gasteiger charge is -2.07. The maximum atomic E-state index is 12.4. The number of carbonyl (C=O) groups excluding carboxylic acids is 1. The quantitative estimate of drug-likeness (QED) is 0.631. The summed E-state index contributed by atoms with van der Waals surface area (Å²) in [5.74, 6) is -0.100. The minimum atomic E-state index is -0.578. The first-order valence-corrected chi connectivity index (χ1v) is 8.08. The van der Waals surface area contributed by atoms with Crippen molar-refractivity contribution in [2.45, 2.75) is 6.54 Å². The first-order chi connectivity index (χ1) is 12.6. The predicted molar refractivity (Wildman–Crippen MR) is 98.1 cm³/mol. The van der Waals surface area contributed by atoms with Crippen LogP contribution in [0.1, 0.15) is 15.9 Å². The van der Waals surface area contributed by atoms with E-state index in [4.69, 9.17) is 11.6 Å². The van der Waals surface area contributed by atoms with Gasteiger partial charge < -0.3 is 10.6 Å². The highest BCUT2D eigenvalue weighted by Crippen LogP contribution is 2.14. The Balaban J connectivity index is 1.81. The van der Waals surface area contributed by atoms with E-state index in [9.17, 15) is 9.59 Å². The fourth-order valence-electron chi connectivity index (χ4n) is 2.21. The molecule has 0 saturated heterocycles. The third-order valence-corrected chi connectivity index (χ3v) is 3.81. The Bertz CT molecular complexity index is 987. The van der Waals surface area contributed by atoms with E-state index in [0.29, 0.717) is 22.4 Å². The highest BCUT2D eigenvalue weighted by atomic mass is 35.5. The number of benzene rings is 1. The Morgan fingerprint density at radius 2 is 1.96 bits per heavy atom. The molecule has 2 heterocycles. The molecule has 0 fully saturated rings. The summed E-state index contributed by atoms with van der Waals surface area (Å²) < 4.78 is 0. The summed E-state index contributed by atoms with van der Waals surface area (Å²) in [5, 5.41) is 12.4. The summed E-state index contributed by atoms with van der Waals surface area (Å²) >= 11 is 5.83. The Morgan fingerprint density at radius 3 is 2.69 bits per heavy atom. The van der Waals surface area contributed by atoms with Crippen LogP contribution in [0.5, 0.6) is 0 Å². The van der Waals surface area contributed by atoms with Crippen LogP contribution in [0.25, 0.3) is 11.4 Å². The molecule has 3 N–H and O–H groups in total. The second-order valence-electron chi connectivity index (χ2n) is 5.32. The SMILES string of the molecule is CNc1nccc(-c2cc(C(=O)NCc3ccc(Cl)cc3)c(=O)[nH]n2)n1. The summed E-state index contributed by atoms with van der Waals surface area (Å²) in [6.45, 7) is 0.268. The van der Waals surface area contributed by atoms with Crippen LogP contribution in [0, 0.1) is 0 Å². The highest BCUT2D eigenvalue weighted by molar-refractivity contribution is 6.30. The van der Waals surface area contributed by atoms with Crippen molar-refractivity contribution in [1.82, 2.24) is 25.5 Å². The zero-order valence-corrected chi connectivity index (χ0v) is 14.5. The molecule has 0 aliphatic heterocycles. The van der Waals surface area contributed by atoms with Gasteiger partial charge in [0.1, 0.15) is 11.3 Å². The number of nitrogens with one attached hydrogen (secondary N) is 3. The zero-order valence-electron chi connectivity index (χ0n) is 13.8.